The molecule has 0 aliphatic rings. The molecule has 128 valence electrons. The Morgan fingerprint density at radius 3 is 2.62 bits per heavy atom. The van der Waals surface area contributed by atoms with Gasteiger partial charge in [0.25, 0.3) is 0 Å². The van der Waals surface area contributed by atoms with Gasteiger partial charge in [-0.3, -0.25) is 4.79 Å². The third kappa shape index (κ3) is 4.98. The van der Waals surface area contributed by atoms with Crippen molar-refractivity contribution in [1.82, 2.24) is 4.98 Å². The zero-order valence-electron chi connectivity index (χ0n) is 13.2. The summed E-state index contributed by atoms with van der Waals surface area (Å²) >= 11 is 1.32. The molecule has 8 heteroatoms. The highest BCUT2D eigenvalue weighted by Gasteiger charge is 2.13. The van der Waals surface area contributed by atoms with Gasteiger partial charge in [0, 0.05) is 17.9 Å². The Kier molecular flexibility index (Phi) is 6.24. The van der Waals surface area contributed by atoms with E-state index in [4.69, 9.17) is 5.73 Å². The van der Waals surface area contributed by atoms with Crippen molar-refractivity contribution in [2.45, 2.75) is 18.2 Å². The van der Waals surface area contributed by atoms with E-state index in [1.165, 1.54) is 18.3 Å². The van der Waals surface area contributed by atoms with E-state index in [1.54, 1.807) is 36.4 Å². The Morgan fingerprint density at radius 1 is 1.29 bits per heavy atom. The summed E-state index contributed by atoms with van der Waals surface area (Å²) in [5.74, 6) is -0.226. The van der Waals surface area contributed by atoms with Crippen molar-refractivity contribution >= 4 is 32.2 Å². The van der Waals surface area contributed by atoms with Crippen molar-refractivity contribution in [1.29, 1.82) is 0 Å². The van der Waals surface area contributed by atoms with Crippen LogP contribution in [0, 0.1) is 0 Å². The van der Waals surface area contributed by atoms with E-state index in [9.17, 15) is 13.2 Å². The SMILES string of the molecule is CC(=O)Nc1nc(-c2ccc(S(=O)(=O)CC=CCCN)cc2)cs1. The lowest BCUT2D eigenvalue weighted by molar-refractivity contribution is -0.114. The van der Waals surface area contributed by atoms with Crippen LogP contribution in [-0.2, 0) is 14.6 Å². The van der Waals surface area contributed by atoms with E-state index in [2.05, 4.69) is 10.3 Å². The van der Waals surface area contributed by atoms with Crippen LogP contribution in [-0.4, -0.2) is 31.6 Å². The predicted octanol–water partition coefficient (Wildman–Crippen LogP) is 2.45. The minimum absolute atomic E-state index is 0.0459. The monoisotopic (exact) mass is 365 g/mol. The predicted molar refractivity (Wildman–Crippen MR) is 96.7 cm³/mol. The minimum Gasteiger partial charge on any atom is -0.330 e. The van der Waals surface area contributed by atoms with Crippen LogP contribution in [0.25, 0.3) is 11.3 Å². The number of anilines is 1. The number of hydrogen-bond donors (Lipinski definition) is 2. The van der Waals surface area contributed by atoms with Gasteiger partial charge in [0.1, 0.15) is 0 Å². The van der Waals surface area contributed by atoms with Crippen LogP contribution in [0.4, 0.5) is 5.13 Å². The highest BCUT2D eigenvalue weighted by atomic mass is 32.2. The third-order valence-electron chi connectivity index (χ3n) is 3.11. The fourth-order valence-corrected chi connectivity index (χ4v) is 3.85. The second-order valence-corrected chi connectivity index (χ2v) is 7.97. The van der Waals surface area contributed by atoms with Crippen LogP contribution in [0.1, 0.15) is 13.3 Å². The molecular formula is C16H19N3O3S2. The van der Waals surface area contributed by atoms with Crippen LogP contribution >= 0.6 is 11.3 Å². The number of rotatable bonds is 7. The molecule has 0 unspecified atom stereocenters. The van der Waals surface area contributed by atoms with Crippen molar-refractivity contribution in [3.8, 4) is 11.3 Å². The smallest absolute Gasteiger partial charge is 0.223 e. The Hall–Kier alpha value is -2.03. The molecule has 2 rings (SSSR count). The molecule has 2 aromatic rings. The van der Waals surface area contributed by atoms with Gasteiger partial charge in [-0.25, -0.2) is 13.4 Å². The second kappa shape index (κ2) is 8.18. The number of carbonyl (C=O) groups is 1. The molecule has 6 nitrogen and oxygen atoms in total. The number of thiazole rings is 1. The summed E-state index contributed by atoms with van der Waals surface area (Å²) in [6, 6.07) is 6.56. The number of sulfone groups is 1. The summed E-state index contributed by atoms with van der Waals surface area (Å²) < 4.78 is 24.4. The average molecular weight is 365 g/mol. The van der Waals surface area contributed by atoms with Gasteiger partial charge in [-0.15, -0.1) is 11.3 Å². The van der Waals surface area contributed by atoms with Gasteiger partial charge in [0.15, 0.2) is 15.0 Å². The fourth-order valence-electron chi connectivity index (χ4n) is 1.95. The molecule has 0 radical (unpaired) electrons. The first-order valence-electron chi connectivity index (χ1n) is 7.34. The Morgan fingerprint density at radius 2 is 2.00 bits per heavy atom. The van der Waals surface area contributed by atoms with Crippen molar-refractivity contribution in [3.63, 3.8) is 0 Å². The summed E-state index contributed by atoms with van der Waals surface area (Å²) in [4.78, 5) is 15.6. The van der Waals surface area contributed by atoms with Gasteiger partial charge in [-0.2, -0.15) is 0 Å². The number of amides is 1. The van der Waals surface area contributed by atoms with E-state index >= 15 is 0 Å². The number of aromatic nitrogens is 1. The van der Waals surface area contributed by atoms with Crippen LogP contribution < -0.4 is 11.1 Å². The molecule has 3 N–H and O–H groups in total. The largest absolute Gasteiger partial charge is 0.330 e. The van der Waals surface area contributed by atoms with Gasteiger partial charge in [0.05, 0.1) is 16.3 Å². The van der Waals surface area contributed by atoms with Crippen LogP contribution in [0.15, 0.2) is 46.7 Å². The molecule has 0 fully saturated rings. The Balaban J connectivity index is 2.12. The number of nitrogens with two attached hydrogens (primary N) is 1. The Labute approximate surface area is 145 Å². The van der Waals surface area contributed by atoms with E-state index in [-0.39, 0.29) is 16.6 Å². The summed E-state index contributed by atoms with van der Waals surface area (Å²) in [6.07, 6.45) is 4.05. The molecular weight excluding hydrogens is 346 g/mol. The van der Waals surface area contributed by atoms with Crippen LogP contribution in [0.5, 0.6) is 0 Å². The standard InChI is InChI=1S/C16H19N3O3S2/c1-12(20)18-16-19-15(11-23-16)13-5-7-14(8-6-13)24(21,22)10-4-2-3-9-17/h2,4-8,11H,3,9-10,17H2,1H3,(H,18,19,20). The summed E-state index contributed by atoms with van der Waals surface area (Å²) in [7, 11) is -3.35. The van der Waals surface area contributed by atoms with Crippen molar-refractivity contribution in [2.75, 3.05) is 17.6 Å². The number of carbonyl (C=O) groups excluding carboxylic acids is 1. The molecule has 1 heterocycles. The highest BCUT2D eigenvalue weighted by molar-refractivity contribution is 7.91. The van der Waals surface area contributed by atoms with E-state index in [1.807, 2.05) is 5.38 Å². The fraction of sp³-hybridized carbons (Fsp3) is 0.250. The lowest BCUT2D eigenvalue weighted by Gasteiger charge is -2.03. The molecule has 1 aromatic carbocycles. The number of nitrogens with one attached hydrogen (secondary N) is 1. The van der Waals surface area contributed by atoms with Gasteiger partial charge in [-0.1, -0.05) is 24.3 Å². The average Bonchev–Trinajstić information content (AvgIpc) is 2.99. The third-order valence-corrected chi connectivity index (χ3v) is 5.49. The first-order valence-corrected chi connectivity index (χ1v) is 9.87. The van der Waals surface area contributed by atoms with E-state index in [0.717, 1.165) is 5.56 Å². The molecule has 0 saturated heterocycles. The zero-order chi connectivity index (χ0) is 17.6. The number of benzene rings is 1. The van der Waals surface area contributed by atoms with E-state index < -0.39 is 9.84 Å². The Bertz CT molecular complexity index is 825. The molecule has 0 aliphatic heterocycles. The maximum absolute atomic E-state index is 12.2. The quantitative estimate of drug-likeness (QED) is 0.734. The molecule has 1 aromatic heterocycles. The summed E-state index contributed by atoms with van der Waals surface area (Å²) in [6.45, 7) is 1.92. The molecule has 0 spiro atoms. The molecule has 0 atom stereocenters. The van der Waals surface area contributed by atoms with Gasteiger partial charge >= 0.3 is 0 Å². The molecule has 1 amide bonds. The molecule has 0 saturated carbocycles. The topological polar surface area (TPSA) is 102 Å². The lowest BCUT2D eigenvalue weighted by Crippen LogP contribution is -2.05. The van der Waals surface area contributed by atoms with Crippen LogP contribution in [0.2, 0.25) is 0 Å². The number of hydrogen-bond acceptors (Lipinski definition) is 6. The van der Waals surface area contributed by atoms with Crippen molar-refractivity contribution in [2.24, 2.45) is 5.73 Å². The number of nitrogens with zero attached hydrogens (tertiary/aromatic N) is 1. The lowest BCUT2D eigenvalue weighted by atomic mass is 10.2. The summed E-state index contributed by atoms with van der Waals surface area (Å²) in [5, 5.41) is 4.94. The van der Waals surface area contributed by atoms with Crippen LogP contribution in [0.3, 0.4) is 0 Å². The van der Waals surface area contributed by atoms with E-state index in [0.29, 0.717) is 23.8 Å². The molecule has 0 bridgehead atoms. The normalized spacial score (nSPS) is 11.8. The van der Waals surface area contributed by atoms with Crippen molar-refractivity contribution < 1.29 is 13.2 Å². The maximum Gasteiger partial charge on any atom is 0.223 e. The zero-order valence-corrected chi connectivity index (χ0v) is 14.9. The molecule has 0 aliphatic carbocycles. The first kappa shape index (κ1) is 18.3. The summed E-state index contributed by atoms with van der Waals surface area (Å²) in [5.41, 5.74) is 6.84. The molecule has 24 heavy (non-hydrogen) atoms. The minimum atomic E-state index is -3.35. The highest BCUT2D eigenvalue weighted by Crippen LogP contribution is 2.26. The van der Waals surface area contributed by atoms with Gasteiger partial charge < -0.3 is 11.1 Å². The first-order chi connectivity index (χ1) is 11.4. The second-order valence-electron chi connectivity index (χ2n) is 5.07. The maximum atomic E-state index is 12.2. The van der Waals surface area contributed by atoms with Gasteiger partial charge in [0.2, 0.25) is 5.91 Å². The van der Waals surface area contributed by atoms with Gasteiger partial charge in [-0.05, 0) is 25.1 Å². The van der Waals surface area contributed by atoms with Crippen molar-refractivity contribution in [3.05, 3.63) is 41.8 Å².